The number of benzene rings is 2. The molecule has 1 N–H and O–H groups in total. The Morgan fingerprint density at radius 1 is 0.963 bits per heavy atom. The first-order chi connectivity index (χ1) is 13.3. The molecule has 1 aliphatic rings. The summed E-state index contributed by atoms with van der Waals surface area (Å²) in [5.74, 6) is 0.883. The van der Waals surface area contributed by atoms with Gasteiger partial charge in [-0.15, -0.1) is 0 Å². The zero-order valence-corrected chi connectivity index (χ0v) is 15.4. The van der Waals surface area contributed by atoms with Crippen LogP contribution >= 0.6 is 0 Å². The number of amides is 1. The summed E-state index contributed by atoms with van der Waals surface area (Å²) < 4.78 is 16.9. The molecule has 0 radical (unpaired) electrons. The van der Waals surface area contributed by atoms with Crippen molar-refractivity contribution in [3.8, 4) is 11.5 Å². The molecule has 1 aliphatic heterocycles. The van der Waals surface area contributed by atoms with Crippen molar-refractivity contribution < 1.29 is 19.0 Å². The number of morpholine rings is 1. The lowest BCUT2D eigenvalue weighted by Crippen LogP contribution is -2.43. The molecule has 0 aromatic heterocycles. The molecule has 1 saturated heterocycles. The smallest absolute Gasteiger partial charge is 0.321 e. The van der Waals surface area contributed by atoms with Gasteiger partial charge in [-0.3, -0.25) is 9.69 Å². The molecule has 2 aromatic carbocycles. The van der Waals surface area contributed by atoms with Gasteiger partial charge in [-0.1, -0.05) is 36.4 Å². The van der Waals surface area contributed by atoms with Gasteiger partial charge in [0.05, 0.1) is 13.2 Å². The lowest BCUT2D eigenvalue weighted by molar-refractivity contribution is -0.140. The predicted molar refractivity (Wildman–Crippen MR) is 103 cm³/mol. The van der Waals surface area contributed by atoms with E-state index in [4.69, 9.17) is 14.2 Å². The molecule has 1 fully saturated rings. The van der Waals surface area contributed by atoms with Crippen LogP contribution in [0.3, 0.4) is 0 Å². The molecule has 6 nitrogen and oxygen atoms in total. The monoisotopic (exact) mass is 370 g/mol. The fraction of sp³-hybridized carbons (Fsp3) is 0.381. The van der Waals surface area contributed by atoms with E-state index in [1.165, 1.54) is 0 Å². The van der Waals surface area contributed by atoms with E-state index in [0.29, 0.717) is 18.0 Å². The van der Waals surface area contributed by atoms with Gasteiger partial charge in [0.1, 0.15) is 11.5 Å². The van der Waals surface area contributed by atoms with Crippen LogP contribution in [0.1, 0.15) is 6.42 Å². The second kappa shape index (κ2) is 10.5. The molecule has 0 atom stereocenters. The van der Waals surface area contributed by atoms with Crippen LogP contribution in [-0.2, 0) is 9.53 Å². The number of hydrogen-bond acceptors (Lipinski definition) is 5. The maximum absolute atomic E-state index is 12.6. The number of carbonyl (C=O) groups is 1. The van der Waals surface area contributed by atoms with Crippen LogP contribution in [0.15, 0.2) is 60.7 Å². The number of hydrogen-bond donors (Lipinski definition) is 1. The molecule has 0 saturated carbocycles. The molecule has 0 bridgehead atoms. The second-order valence-electron chi connectivity index (χ2n) is 6.29. The Balaban J connectivity index is 1.51. The van der Waals surface area contributed by atoms with Crippen molar-refractivity contribution in [2.45, 2.75) is 12.7 Å². The summed E-state index contributed by atoms with van der Waals surface area (Å²) in [6.45, 7) is 4.97. The zero-order chi connectivity index (χ0) is 18.7. The fourth-order valence-corrected chi connectivity index (χ4v) is 2.80. The molecule has 27 heavy (non-hydrogen) atoms. The average Bonchev–Trinajstić information content (AvgIpc) is 2.73. The van der Waals surface area contributed by atoms with E-state index in [-0.39, 0.29) is 5.91 Å². The second-order valence-corrected chi connectivity index (χ2v) is 6.29. The molecule has 144 valence electrons. The molecule has 3 rings (SSSR count). The van der Waals surface area contributed by atoms with Crippen molar-refractivity contribution >= 4 is 5.91 Å². The summed E-state index contributed by atoms with van der Waals surface area (Å²) in [5.41, 5.74) is 0. The quantitative estimate of drug-likeness (QED) is 0.542. The van der Waals surface area contributed by atoms with Gasteiger partial charge in [0.2, 0.25) is 0 Å². The number of carbonyl (C=O) groups excluding carboxylic acids is 1. The Labute approximate surface area is 160 Å². The third-order valence-corrected chi connectivity index (χ3v) is 4.24. The number of nitrogens with one attached hydrogen (secondary N) is 1. The largest absolute Gasteiger partial charge is 0.446 e. The average molecular weight is 370 g/mol. The number of rotatable bonds is 9. The Morgan fingerprint density at radius 2 is 1.52 bits per heavy atom. The molecule has 0 spiro atoms. The van der Waals surface area contributed by atoms with Crippen LogP contribution < -0.4 is 14.8 Å². The SMILES string of the molecule is O=C(NCCCN1CCOCC1)C(Oc1ccccc1)Oc1ccccc1. The van der Waals surface area contributed by atoms with E-state index >= 15 is 0 Å². The summed E-state index contributed by atoms with van der Waals surface area (Å²) in [7, 11) is 0. The Bertz CT molecular complexity index is 634. The van der Waals surface area contributed by atoms with Gasteiger partial charge < -0.3 is 19.5 Å². The van der Waals surface area contributed by atoms with Gasteiger partial charge >= 0.3 is 12.2 Å². The topological polar surface area (TPSA) is 60.0 Å². The van der Waals surface area contributed by atoms with Crippen molar-refractivity contribution in [2.24, 2.45) is 0 Å². The van der Waals surface area contributed by atoms with E-state index < -0.39 is 6.29 Å². The van der Waals surface area contributed by atoms with Crippen LogP contribution in [-0.4, -0.2) is 56.5 Å². The minimum atomic E-state index is -1.04. The van der Waals surface area contributed by atoms with Gasteiger partial charge in [0.25, 0.3) is 0 Å². The molecular formula is C21H26N2O4. The van der Waals surface area contributed by atoms with Crippen molar-refractivity contribution in [1.29, 1.82) is 0 Å². The van der Waals surface area contributed by atoms with Crippen molar-refractivity contribution in [3.63, 3.8) is 0 Å². The summed E-state index contributed by atoms with van der Waals surface area (Å²) in [4.78, 5) is 14.9. The summed E-state index contributed by atoms with van der Waals surface area (Å²) in [5, 5.41) is 2.92. The number of para-hydroxylation sites is 2. The Kier molecular flexibility index (Phi) is 7.50. The first kappa shape index (κ1) is 19.2. The molecule has 2 aromatic rings. The minimum absolute atomic E-state index is 0.287. The van der Waals surface area contributed by atoms with E-state index in [1.54, 1.807) is 24.3 Å². The summed E-state index contributed by atoms with van der Waals surface area (Å²) in [6, 6.07) is 18.4. The van der Waals surface area contributed by atoms with Crippen molar-refractivity contribution in [3.05, 3.63) is 60.7 Å². The lowest BCUT2D eigenvalue weighted by atomic mass is 10.3. The van der Waals surface area contributed by atoms with Crippen LogP contribution in [0.25, 0.3) is 0 Å². The highest BCUT2D eigenvalue weighted by Crippen LogP contribution is 2.16. The summed E-state index contributed by atoms with van der Waals surface area (Å²) >= 11 is 0. The lowest BCUT2D eigenvalue weighted by Gasteiger charge is -2.26. The normalized spacial score (nSPS) is 14.7. The van der Waals surface area contributed by atoms with Gasteiger partial charge in [-0.2, -0.15) is 0 Å². The van der Waals surface area contributed by atoms with Crippen molar-refractivity contribution in [2.75, 3.05) is 39.4 Å². The van der Waals surface area contributed by atoms with Gasteiger partial charge in [0.15, 0.2) is 0 Å². The minimum Gasteiger partial charge on any atom is -0.446 e. The Morgan fingerprint density at radius 3 is 2.07 bits per heavy atom. The van der Waals surface area contributed by atoms with Gasteiger partial charge in [0, 0.05) is 19.6 Å². The molecular weight excluding hydrogens is 344 g/mol. The van der Waals surface area contributed by atoms with Crippen LogP contribution in [0.4, 0.5) is 0 Å². The predicted octanol–water partition coefficient (Wildman–Crippen LogP) is 2.31. The van der Waals surface area contributed by atoms with Crippen LogP contribution in [0.5, 0.6) is 11.5 Å². The Hall–Kier alpha value is -2.57. The highest BCUT2D eigenvalue weighted by molar-refractivity contribution is 5.80. The van der Waals surface area contributed by atoms with Crippen LogP contribution in [0.2, 0.25) is 0 Å². The molecule has 1 heterocycles. The number of nitrogens with zero attached hydrogens (tertiary/aromatic N) is 1. The van der Waals surface area contributed by atoms with Crippen LogP contribution in [0, 0.1) is 0 Å². The van der Waals surface area contributed by atoms with E-state index in [1.807, 2.05) is 36.4 Å². The molecule has 0 aliphatic carbocycles. The zero-order valence-electron chi connectivity index (χ0n) is 15.4. The highest BCUT2D eigenvalue weighted by atomic mass is 16.7. The number of ether oxygens (including phenoxy) is 3. The highest BCUT2D eigenvalue weighted by Gasteiger charge is 2.22. The van der Waals surface area contributed by atoms with E-state index in [9.17, 15) is 4.79 Å². The van der Waals surface area contributed by atoms with E-state index in [0.717, 1.165) is 39.3 Å². The molecule has 0 unspecified atom stereocenters. The fourth-order valence-electron chi connectivity index (χ4n) is 2.80. The third kappa shape index (κ3) is 6.58. The van der Waals surface area contributed by atoms with Crippen molar-refractivity contribution in [1.82, 2.24) is 10.2 Å². The maximum Gasteiger partial charge on any atom is 0.321 e. The third-order valence-electron chi connectivity index (χ3n) is 4.24. The maximum atomic E-state index is 12.6. The standard InChI is InChI=1S/C21H26N2O4/c24-20(22-12-7-13-23-14-16-25-17-15-23)21(26-18-8-3-1-4-9-18)27-19-10-5-2-6-11-19/h1-6,8-11,21H,7,12-17H2,(H,22,24). The molecule has 6 heteroatoms. The summed E-state index contributed by atoms with van der Waals surface area (Å²) in [6.07, 6.45) is -0.173. The van der Waals surface area contributed by atoms with E-state index in [2.05, 4.69) is 10.2 Å². The first-order valence-electron chi connectivity index (χ1n) is 9.32. The first-order valence-corrected chi connectivity index (χ1v) is 9.32. The van der Waals surface area contributed by atoms with Gasteiger partial charge in [-0.25, -0.2) is 0 Å². The van der Waals surface area contributed by atoms with Gasteiger partial charge in [-0.05, 0) is 37.2 Å². The molecule has 1 amide bonds.